The van der Waals surface area contributed by atoms with Crippen molar-refractivity contribution in [3.63, 3.8) is 0 Å². The van der Waals surface area contributed by atoms with Gasteiger partial charge in [-0.15, -0.1) is 0 Å². The van der Waals surface area contributed by atoms with Crippen LogP contribution in [0.5, 0.6) is 0 Å². The molecule has 4 nitrogen and oxygen atoms in total. The highest BCUT2D eigenvalue weighted by atomic mass is 19.4. The largest absolute Gasteiger partial charge is 0.416 e. The lowest BCUT2D eigenvalue weighted by molar-refractivity contribution is -0.138. The molecule has 0 unspecified atom stereocenters. The van der Waals surface area contributed by atoms with Crippen LogP contribution in [0.15, 0.2) is 42.5 Å². The Hall–Kier alpha value is -2.41. The lowest BCUT2D eigenvalue weighted by Gasteiger charge is -2.13. The van der Waals surface area contributed by atoms with Crippen LogP contribution in [0.3, 0.4) is 0 Å². The van der Waals surface area contributed by atoms with E-state index < -0.39 is 17.6 Å². The summed E-state index contributed by atoms with van der Waals surface area (Å²) >= 11 is 0. The van der Waals surface area contributed by atoms with Gasteiger partial charge in [-0.1, -0.05) is 24.3 Å². The number of hydrogen-bond acceptors (Lipinski definition) is 3. The van der Waals surface area contributed by atoms with E-state index in [1.807, 2.05) is 0 Å². The van der Waals surface area contributed by atoms with Gasteiger partial charge in [-0.2, -0.15) is 13.2 Å². The number of nitrogens with one attached hydrogen (secondary N) is 1. The third kappa shape index (κ3) is 4.79. The second kappa shape index (κ2) is 7.92. The first-order chi connectivity index (χ1) is 11.4. The molecule has 1 heterocycles. The normalized spacial score (nSPS) is 11.3. The third-order valence-electron chi connectivity index (χ3n) is 3.33. The van der Waals surface area contributed by atoms with E-state index in [9.17, 15) is 18.0 Å². The number of pyridine rings is 1. The molecule has 1 aromatic carbocycles. The van der Waals surface area contributed by atoms with Crippen molar-refractivity contribution < 1.29 is 22.7 Å². The van der Waals surface area contributed by atoms with Crippen LogP contribution in [0, 0.1) is 0 Å². The predicted molar refractivity (Wildman–Crippen MR) is 82.4 cm³/mol. The number of nitrogens with zero attached hydrogens (tertiary/aromatic N) is 1. The Morgan fingerprint density at radius 1 is 1.17 bits per heavy atom. The lowest BCUT2D eigenvalue weighted by atomic mass is 10.0. The van der Waals surface area contributed by atoms with Gasteiger partial charge in [-0.3, -0.25) is 4.79 Å². The predicted octanol–water partition coefficient (Wildman–Crippen LogP) is 3.22. The minimum absolute atomic E-state index is 0.0825. The molecular formula is C17H17F3N2O2. The molecule has 0 bridgehead atoms. The van der Waals surface area contributed by atoms with E-state index in [4.69, 9.17) is 4.74 Å². The van der Waals surface area contributed by atoms with Gasteiger partial charge in [0.05, 0.1) is 17.9 Å². The van der Waals surface area contributed by atoms with Crippen LogP contribution in [-0.4, -0.2) is 24.5 Å². The molecule has 0 atom stereocenters. The number of rotatable bonds is 6. The molecule has 0 aliphatic carbocycles. The summed E-state index contributed by atoms with van der Waals surface area (Å²) in [5, 5.41) is 2.59. The highest BCUT2D eigenvalue weighted by Crippen LogP contribution is 2.31. The molecule has 1 aromatic heterocycles. The van der Waals surface area contributed by atoms with Crippen molar-refractivity contribution in [1.29, 1.82) is 0 Å². The molecule has 0 saturated heterocycles. The topological polar surface area (TPSA) is 51.2 Å². The SMILES string of the molecule is COCc1cccc(C(=O)NCCc2ccccc2C(F)(F)F)n1. The second-order valence-electron chi connectivity index (χ2n) is 5.11. The van der Waals surface area contributed by atoms with Crippen molar-refractivity contribution in [2.45, 2.75) is 19.2 Å². The van der Waals surface area contributed by atoms with Crippen molar-refractivity contribution in [1.82, 2.24) is 10.3 Å². The summed E-state index contributed by atoms with van der Waals surface area (Å²) in [5.74, 6) is -0.433. The van der Waals surface area contributed by atoms with Crippen molar-refractivity contribution in [2.75, 3.05) is 13.7 Å². The molecule has 128 valence electrons. The van der Waals surface area contributed by atoms with E-state index in [0.717, 1.165) is 6.07 Å². The van der Waals surface area contributed by atoms with E-state index in [1.165, 1.54) is 25.3 Å². The zero-order valence-electron chi connectivity index (χ0n) is 13.1. The summed E-state index contributed by atoms with van der Waals surface area (Å²) in [7, 11) is 1.52. The molecule has 0 aliphatic rings. The Labute approximate surface area is 137 Å². The van der Waals surface area contributed by atoms with Crippen LogP contribution in [-0.2, 0) is 23.9 Å². The van der Waals surface area contributed by atoms with Crippen LogP contribution >= 0.6 is 0 Å². The molecule has 1 amide bonds. The van der Waals surface area contributed by atoms with Gasteiger partial charge in [0.15, 0.2) is 0 Å². The fraction of sp³-hybridized carbons (Fsp3) is 0.294. The monoisotopic (exact) mass is 338 g/mol. The Morgan fingerprint density at radius 3 is 2.62 bits per heavy atom. The molecule has 0 saturated carbocycles. The van der Waals surface area contributed by atoms with E-state index in [-0.39, 0.29) is 30.8 Å². The molecule has 2 rings (SSSR count). The van der Waals surface area contributed by atoms with Crippen LogP contribution in [0.25, 0.3) is 0 Å². The number of aromatic nitrogens is 1. The van der Waals surface area contributed by atoms with Gasteiger partial charge in [0.1, 0.15) is 5.69 Å². The number of carbonyl (C=O) groups excluding carboxylic acids is 1. The molecule has 0 aliphatic heterocycles. The summed E-state index contributed by atoms with van der Waals surface area (Å²) in [4.78, 5) is 16.2. The van der Waals surface area contributed by atoms with Gasteiger partial charge in [-0.05, 0) is 30.2 Å². The van der Waals surface area contributed by atoms with Crippen LogP contribution in [0.4, 0.5) is 13.2 Å². The van der Waals surface area contributed by atoms with Crippen molar-refractivity contribution >= 4 is 5.91 Å². The van der Waals surface area contributed by atoms with Crippen molar-refractivity contribution in [2.24, 2.45) is 0 Å². The van der Waals surface area contributed by atoms with Crippen LogP contribution in [0.1, 0.15) is 27.3 Å². The fourth-order valence-electron chi connectivity index (χ4n) is 2.25. The highest BCUT2D eigenvalue weighted by Gasteiger charge is 2.32. The number of amides is 1. The maximum Gasteiger partial charge on any atom is 0.416 e. The Balaban J connectivity index is 1.97. The van der Waals surface area contributed by atoms with Gasteiger partial charge in [-0.25, -0.2) is 4.98 Å². The first kappa shape index (κ1) is 17.9. The van der Waals surface area contributed by atoms with Gasteiger partial charge >= 0.3 is 6.18 Å². The average Bonchev–Trinajstić information content (AvgIpc) is 2.55. The first-order valence-electron chi connectivity index (χ1n) is 7.30. The molecule has 0 fully saturated rings. The number of hydrogen-bond donors (Lipinski definition) is 1. The Morgan fingerprint density at radius 2 is 1.92 bits per heavy atom. The van der Waals surface area contributed by atoms with Crippen molar-refractivity contribution in [3.8, 4) is 0 Å². The zero-order valence-corrected chi connectivity index (χ0v) is 13.1. The van der Waals surface area contributed by atoms with E-state index >= 15 is 0 Å². The number of carbonyl (C=O) groups is 1. The van der Waals surface area contributed by atoms with Crippen LogP contribution in [0.2, 0.25) is 0 Å². The number of halogens is 3. The van der Waals surface area contributed by atoms with Crippen LogP contribution < -0.4 is 5.32 Å². The van der Waals surface area contributed by atoms with E-state index in [2.05, 4.69) is 10.3 Å². The number of benzene rings is 1. The number of alkyl halides is 3. The maximum atomic E-state index is 12.9. The molecule has 0 spiro atoms. The Bertz CT molecular complexity index is 702. The quantitative estimate of drug-likeness (QED) is 0.880. The summed E-state index contributed by atoms with van der Waals surface area (Å²) in [5.41, 5.74) is 0.270. The average molecular weight is 338 g/mol. The molecule has 1 N–H and O–H groups in total. The summed E-state index contributed by atoms with van der Waals surface area (Å²) < 4.78 is 43.7. The molecule has 7 heteroatoms. The van der Waals surface area contributed by atoms with Gasteiger partial charge < -0.3 is 10.1 Å². The third-order valence-corrected chi connectivity index (χ3v) is 3.33. The highest BCUT2D eigenvalue weighted by molar-refractivity contribution is 5.92. The number of methoxy groups -OCH3 is 1. The molecule has 24 heavy (non-hydrogen) atoms. The minimum Gasteiger partial charge on any atom is -0.378 e. The van der Waals surface area contributed by atoms with Gasteiger partial charge in [0, 0.05) is 13.7 Å². The molecular weight excluding hydrogens is 321 g/mol. The fourth-order valence-corrected chi connectivity index (χ4v) is 2.25. The van der Waals surface area contributed by atoms with Crippen molar-refractivity contribution in [3.05, 3.63) is 65.0 Å². The van der Waals surface area contributed by atoms with E-state index in [0.29, 0.717) is 5.69 Å². The summed E-state index contributed by atoms with van der Waals surface area (Å²) in [6.45, 7) is 0.363. The second-order valence-corrected chi connectivity index (χ2v) is 5.11. The zero-order chi connectivity index (χ0) is 17.6. The minimum atomic E-state index is -4.41. The molecule has 0 radical (unpaired) electrons. The molecule has 2 aromatic rings. The first-order valence-corrected chi connectivity index (χ1v) is 7.30. The van der Waals surface area contributed by atoms with Gasteiger partial charge in [0.2, 0.25) is 0 Å². The van der Waals surface area contributed by atoms with E-state index in [1.54, 1.807) is 18.2 Å². The number of ether oxygens (including phenoxy) is 1. The van der Waals surface area contributed by atoms with Gasteiger partial charge in [0.25, 0.3) is 5.91 Å². The smallest absolute Gasteiger partial charge is 0.378 e. The Kier molecular flexibility index (Phi) is 5.92. The standard InChI is InChI=1S/C17H17F3N2O2/c1-24-11-13-6-4-8-15(22-13)16(23)21-10-9-12-5-2-3-7-14(12)17(18,19)20/h2-8H,9-11H2,1H3,(H,21,23). The maximum absolute atomic E-state index is 12.9. The lowest BCUT2D eigenvalue weighted by Crippen LogP contribution is -2.27. The summed E-state index contributed by atoms with van der Waals surface area (Å²) in [6.07, 6.45) is -4.32. The summed E-state index contributed by atoms with van der Waals surface area (Å²) in [6, 6.07) is 10.3.